The molecule has 0 bridgehead atoms. The normalized spacial score (nSPS) is 22.4. The van der Waals surface area contributed by atoms with Crippen LogP contribution in [0.2, 0.25) is 0 Å². The van der Waals surface area contributed by atoms with Gasteiger partial charge in [0.15, 0.2) is 0 Å². The lowest BCUT2D eigenvalue weighted by molar-refractivity contribution is -0.129. The molecule has 1 unspecified atom stereocenters. The number of hydrogen-bond acceptors (Lipinski definition) is 2. The Labute approximate surface area is 120 Å². The average molecular weight is 270 g/mol. The van der Waals surface area contributed by atoms with E-state index >= 15 is 0 Å². The molecule has 2 saturated heterocycles. The SMILES string of the molecule is CC.CC(=O)N1CCCC1CN1CCCC1.CCC. The lowest BCUT2D eigenvalue weighted by atomic mass is 10.2. The molecule has 114 valence electrons. The Morgan fingerprint density at radius 1 is 1.05 bits per heavy atom. The first-order valence-electron chi connectivity index (χ1n) is 8.18. The second-order valence-electron chi connectivity index (χ2n) is 5.22. The van der Waals surface area contributed by atoms with Crippen LogP contribution in [0.3, 0.4) is 0 Å². The summed E-state index contributed by atoms with van der Waals surface area (Å²) in [6, 6.07) is 0.505. The Morgan fingerprint density at radius 2 is 1.58 bits per heavy atom. The van der Waals surface area contributed by atoms with Crippen LogP contribution in [-0.2, 0) is 4.79 Å². The standard InChI is InChI=1S/C11H20N2O.C3H8.C2H6/c1-10(14)13-8-4-5-11(13)9-12-6-2-3-7-12;1-3-2;1-2/h11H,2-9H2,1H3;3H2,1-2H3;1-2H3. The molecule has 1 atom stereocenters. The fourth-order valence-corrected chi connectivity index (χ4v) is 2.70. The Hall–Kier alpha value is -0.570. The van der Waals surface area contributed by atoms with Crippen molar-refractivity contribution in [2.75, 3.05) is 26.2 Å². The van der Waals surface area contributed by atoms with Crippen LogP contribution in [0.1, 0.15) is 66.7 Å². The minimum Gasteiger partial charge on any atom is -0.339 e. The molecule has 0 spiro atoms. The number of carbonyl (C=O) groups is 1. The zero-order valence-electron chi connectivity index (χ0n) is 13.7. The molecule has 3 nitrogen and oxygen atoms in total. The van der Waals surface area contributed by atoms with Gasteiger partial charge in [-0.15, -0.1) is 0 Å². The summed E-state index contributed by atoms with van der Waals surface area (Å²) in [7, 11) is 0. The lowest BCUT2D eigenvalue weighted by Gasteiger charge is -2.27. The summed E-state index contributed by atoms with van der Waals surface area (Å²) in [5.74, 6) is 0.256. The summed E-state index contributed by atoms with van der Waals surface area (Å²) in [6.07, 6.45) is 6.33. The highest BCUT2D eigenvalue weighted by Crippen LogP contribution is 2.20. The number of amides is 1. The van der Waals surface area contributed by atoms with Crippen LogP contribution < -0.4 is 0 Å². The second kappa shape index (κ2) is 11.3. The molecule has 2 rings (SSSR count). The minimum absolute atomic E-state index is 0.256. The third kappa shape index (κ3) is 6.95. The first kappa shape index (κ1) is 18.4. The predicted molar refractivity (Wildman–Crippen MR) is 83.4 cm³/mol. The van der Waals surface area contributed by atoms with E-state index in [9.17, 15) is 4.79 Å². The number of nitrogens with zero attached hydrogens (tertiary/aromatic N) is 2. The predicted octanol–water partition coefficient (Wildman–Crippen LogP) is 3.54. The number of hydrogen-bond donors (Lipinski definition) is 0. The largest absolute Gasteiger partial charge is 0.339 e. The molecule has 1 amide bonds. The molecule has 2 heterocycles. The van der Waals surface area contributed by atoms with Crippen LogP contribution in [0.25, 0.3) is 0 Å². The van der Waals surface area contributed by atoms with E-state index in [0.717, 1.165) is 13.1 Å². The molecule has 0 aliphatic carbocycles. The molecular weight excluding hydrogens is 236 g/mol. The summed E-state index contributed by atoms with van der Waals surface area (Å²) in [6.45, 7) is 14.5. The van der Waals surface area contributed by atoms with Crippen LogP contribution in [0.5, 0.6) is 0 Å². The molecule has 0 N–H and O–H groups in total. The van der Waals surface area contributed by atoms with Crippen molar-refractivity contribution in [2.45, 2.75) is 72.8 Å². The monoisotopic (exact) mass is 270 g/mol. The number of carbonyl (C=O) groups excluding carboxylic acids is 1. The van der Waals surface area contributed by atoms with Crippen molar-refractivity contribution in [1.29, 1.82) is 0 Å². The molecular formula is C16H34N2O. The molecule has 2 aliphatic rings. The summed E-state index contributed by atoms with van der Waals surface area (Å²) in [4.78, 5) is 15.9. The Morgan fingerprint density at radius 3 is 2.05 bits per heavy atom. The van der Waals surface area contributed by atoms with Gasteiger partial charge in [0.05, 0.1) is 0 Å². The minimum atomic E-state index is 0.256. The first-order valence-corrected chi connectivity index (χ1v) is 8.18. The summed E-state index contributed by atoms with van der Waals surface area (Å²) in [5, 5.41) is 0. The van der Waals surface area contributed by atoms with E-state index in [1.54, 1.807) is 6.92 Å². The van der Waals surface area contributed by atoms with Crippen molar-refractivity contribution in [3.8, 4) is 0 Å². The maximum atomic E-state index is 11.3. The van der Waals surface area contributed by atoms with Gasteiger partial charge in [0.25, 0.3) is 0 Å². The average Bonchev–Trinajstić information content (AvgIpc) is 3.04. The fraction of sp³-hybridized carbons (Fsp3) is 0.938. The highest BCUT2D eigenvalue weighted by Gasteiger charge is 2.28. The van der Waals surface area contributed by atoms with E-state index in [1.807, 2.05) is 13.8 Å². The molecule has 2 fully saturated rings. The van der Waals surface area contributed by atoms with Crippen LogP contribution in [-0.4, -0.2) is 47.9 Å². The molecule has 3 heteroatoms. The van der Waals surface area contributed by atoms with Gasteiger partial charge in [-0.25, -0.2) is 0 Å². The molecule has 19 heavy (non-hydrogen) atoms. The zero-order chi connectivity index (χ0) is 14.7. The molecule has 0 aromatic carbocycles. The van der Waals surface area contributed by atoms with Gasteiger partial charge in [-0.05, 0) is 38.8 Å². The van der Waals surface area contributed by atoms with Crippen LogP contribution in [0.15, 0.2) is 0 Å². The molecule has 0 aromatic rings. The second-order valence-corrected chi connectivity index (χ2v) is 5.22. The van der Waals surface area contributed by atoms with Crippen molar-refractivity contribution in [3.63, 3.8) is 0 Å². The van der Waals surface area contributed by atoms with Crippen molar-refractivity contribution < 1.29 is 4.79 Å². The van der Waals surface area contributed by atoms with Gasteiger partial charge < -0.3 is 9.80 Å². The maximum Gasteiger partial charge on any atom is 0.219 e. The highest BCUT2D eigenvalue weighted by atomic mass is 16.2. The van der Waals surface area contributed by atoms with E-state index in [1.165, 1.54) is 45.2 Å². The van der Waals surface area contributed by atoms with Crippen LogP contribution in [0.4, 0.5) is 0 Å². The topological polar surface area (TPSA) is 23.6 Å². The van der Waals surface area contributed by atoms with Gasteiger partial charge in [-0.3, -0.25) is 4.79 Å². The molecule has 0 saturated carbocycles. The number of likely N-dealkylation sites (tertiary alicyclic amines) is 2. The van der Waals surface area contributed by atoms with Gasteiger partial charge in [0.2, 0.25) is 5.91 Å². The summed E-state index contributed by atoms with van der Waals surface area (Å²) in [5.41, 5.74) is 0. The molecule has 0 aromatic heterocycles. The number of rotatable bonds is 2. The molecule has 2 aliphatic heterocycles. The van der Waals surface area contributed by atoms with E-state index in [0.29, 0.717) is 6.04 Å². The third-order valence-electron chi connectivity index (χ3n) is 3.45. The molecule has 0 radical (unpaired) electrons. The van der Waals surface area contributed by atoms with Crippen molar-refractivity contribution >= 4 is 5.91 Å². The Bertz CT molecular complexity index is 225. The van der Waals surface area contributed by atoms with Crippen molar-refractivity contribution in [2.24, 2.45) is 0 Å². The maximum absolute atomic E-state index is 11.3. The van der Waals surface area contributed by atoms with Gasteiger partial charge >= 0.3 is 0 Å². The summed E-state index contributed by atoms with van der Waals surface area (Å²) >= 11 is 0. The smallest absolute Gasteiger partial charge is 0.219 e. The third-order valence-corrected chi connectivity index (χ3v) is 3.45. The highest BCUT2D eigenvalue weighted by molar-refractivity contribution is 5.73. The quantitative estimate of drug-likeness (QED) is 0.766. The van der Waals surface area contributed by atoms with E-state index < -0.39 is 0 Å². The van der Waals surface area contributed by atoms with E-state index in [4.69, 9.17) is 0 Å². The van der Waals surface area contributed by atoms with Gasteiger partial charge in [0, 0.05) is 26.1 Å². The van der Waals surface area contributed by atoms with Crippen LogP contribution in [0, 0.1) is 0 Å². The Balaban J connectivity index is 0.000000573. The first-order chi connectivity index (χ1) is 9.19. The van der Waals surface area contributed by atoms with E-state index in [2.05, 4.69) is 23.6 Å². The summed E-state index contributed by atoms with van der Waals surface area (Å²) < 4.78 is 0. The van der Waals surface area contributed by atoms with Crippen molar-refractivity contribution in [3.05, 3.63) is 0 Å². The fourth-order valence-electron chi connectivity index (χ4n) is 2.70. The van der Waals surface area contributed by atoms with Crippen molar-refractivity contribution in [1.82, 2.24) is 9.80 Å². The lowest BCUT2D eigenvalue weighted by Crippen LogP contribution is -2.41. The van der Waals surface area contributed by atoms with E-state index in [-0.39, 0.29) is 5.91 Å². The van der Waals surface area contributed by atoms with Gasteiger partial charge in [-0.2, -0.15) is 0 Å². The van der Waals surface area contributed by atoms with Crippen LogP contribution >= 0.6 is 0 Å². The van der Waals surface area contributed by atoms with Gasteiger partial charge in [-0.1, -0.05) is 34.1 Å². The Kier molecular flexibility index (Phi) is 10.9. The zero-order valence-corrected chi connectivity index (χ0v) is 13.7. The van der Waals surface area contributed by atoms with Gasteiger partial charge in [0.1, 0.15) is 0 Å².